The van der Waals surface area contributed by atoms with Crippen molar-refractivity contribution in [1.29, 1.82) is 0 Å². The SMILES string of the molecule is C=CC(=O)NCCC(O[Si](C)(C)C)(O[Si](C)(C)C)O[Si](C)(C)C. The minimum absolute atomic E-state index is 0.201. The number of carbonyl (C=O) groups is 1. The third-order valence-corrected chi connectivity index (χ3v) is 5.07. The molecule has 0 aliphatic carbocycles. The van der Waals surface area contributed by atoms with Crippen molar-refractivity contribution in [2.45, 2.75) is 71.3 Å². The van der Waals surface area contributed by atoms with Gasteiger partial charge in [-0.05, 0) is 65.0 Å². The highest BCUT2D eigenvalue weighted by molar-refractivity contribution is 6.72. The number of rotatable bonds is 10. The zero-order valence-corrected chi connectivity index (χ0v) is 19.3. The Hall–Kier alpha value is -0.259. The number of hydrogen-bond donors (Lipinski definition) is 1. The van der Waals surface area contributed by atoms with Crippen LogP contribution in [0.2, 0.25) is 58.9 Å². The molecule has 1 amide bonds. The molecule has 0 aliphatic rings. The minimum Gasteiger partial charge on any atom is -0.371 e. The van der Waals surface area contributed by atoms with Gasteiger partial charge in [-0.3, -0.25) is 4.79 Å². The molecule has 1 N–H and O–H groups in total. The molecule has 0 unspecified atom stereocenters. The Labute approximate surface area is 145 Å². The maximum absolute atomic E-state index is 11.4. The standard InChI is InChI=1S/C15H35NO4Si3/c1-11-14(17)16-13-12-15(18-21(2,3)4,19-22(5,6)7)20-23(8,9)10/h11H,1,12-13H2,2-10H3,(H,16,17). The van der Waals surface area contributed by atoms with E-state index in [1.807, 2.05) is 0 Å². The van der Waals surface area contributed by atoms with Gasteiger partial charge < -0.3 is 18.6 Å². The number of nitrogens with one attached hydrogen (secondary N) is 1. The number of carbonyl (C=O) groups excluding carboxylic acids is 1. The quantitative estimate of drug-likeness (QED) is 0.356. The molecule has 0 aromatic rings. The van der Waals surface area contributed by atoms with Crippen molar-refractivity contribution >= 4 is 30.9 Å². The Bertz CT molecular complexity index is 368. The first-order chi connectivity index (χ1) is 10.1. The van der Waals surface area contributed by atoms with E-state index in [-0.39, 0.29) is 5.91 Å². The van der Waals surface area contributed by atoms with Crippen LogP contribution >= 0.6 is 0 Å². The van der Waals surface area contributed by atoms with E-state index in [9.17, 15) is 4.79 Å². The highest BCUT2D eigenvalue weighted by Gasteiger charge is 2.44. The molecule has 0 saturated heterocycles. The van der Waals surface area contributed by atoms with Crippen LogP contribution in [0.25, 0.3) is 0 Å². The van der Waals surface area contributed by atoms with Crippen LogP contribution in [0.4, 0.5) is 0 Å². The highest BCUT2D eigenvalue weighted by Crippen LogP contribution is 2.31. The van der Waals surface area contributed by atoms with Gasteiger partial charge in [-0.15, -0.1) is 0 Å². The smallest absolute Gasteiger partial charge is 0.256 e. The Morgan fingerprint density at radius 2 is 1.26 bits per heavy atom. The molecule has 0 heterocycles. The van der Waals surface area contributed by atoms with Crippen molar-refractivity contribution in [1.82, 2.24) is 5.32 Å². The van der Waals surface area contributed by atoms with Gasteiger partial charge in [0.1, 0.15) is 0 Å². The van der Waals surface area contributed by atoms with Gasteiger partial charge in [-0.2, -0.15) is 0 Å². The maximum atomic E-state index is 11.4. The molecule has 0 aromatic carbocycles. The summed E-state index contributed by atoms with van der Waals surface area (Å²) in [7, 11) is -5.75. The second kappa shape index (κ2) is 8.22. The van der Waals surface area contributed by atoms with Gasteiger partial charge in [0.25, 0.3) is 5.97 Å². The summed E-state index contributed by atoms with van der Waals surface area (Å²) in [4.78, 5) is 11.4. The molecule has 0 radical (unpaired) electrons. The molecule has 136 valence electrons. The van der Waals surface area contributed by atoms with Crippen molar-refractivity contribution in [2.75, 3.05) is 6.54 Å². The van der Waals surface area contributed by atoms with Gasteiger partial charge in [0.15, 0.2) is 25.0 Å². The molecule has 5 nitrogen and oxygen atoms in total. The van der Waals surface area contributed by atoms with Gasteiger partial charge in [0, 0.05) is 13.0 Å². The molecule has 8 heteroatoms. The van der Waals surface area contributed by atoms with Crippen LogP contribution in [0.3, 0.4) is 0 Å². The third kappa shape index (κ3) is 11.8. The molecule has 0 rings (SSSR count). The maximum Gasteiger partial charge on any atom is 0.256 e. The predicted molar refractivity (Wildman–Crippen MR) is 104 cm³/mol. The summed E-state index contributed by atoms with van der Waals surface area (Å²) in [6.07, 6.45) is 1.73. The Kier molecular flexibility index (Phi) is 8.12. The summed E-state index contributed by atoms with van der Waals surface area (Å²) in [6.45, 7) is 22.9. The van der Waals surface area contributed by atoms with E-state index in [1.165, 1.54) is 6.08 Å². The third-order valence-electron chi connectivity index (χ3n) is 2.30. The Morgan fingerprint density at radius 3 is 1.52 bits per heavy atom. The fourth-order valence-corrected chi connectivity index (χ4v) is 5.63. The van der Waals surface area contributed by atoms with Crippen LogP contribution in [0.1, 0.15) is 6.42 Å². The summed E-state index contributed by atoms with van der Waals surface area (Å²) < 4.78 is 19.1. The summed E-state index contributed by atoms with van der Waals surface area (Å²) in [6, 6.07) is 0. The average Bonchev–Trinajstić information content (AvgIpc) is 2.20. The van der Waals surface area contributed by atoms with Crippen LogP contribution in [-0.4, -0.2) is 43.4 Å². The Morgan fingerprint density at radius 1 is 0.913 bits per heavy atom. The lowest BCUT2D eigenvalue weighted by Gasteiger charge is -2.45. The van der Waals surface area contributed by atoms with E-state index in [1.54, 1.807) is 0 Å². The molecule has 0 atom stereocenters. The van der Waals surface area contributed by atoms with Gasteiger partial charge >= 0.3 is 0 Å². The summed E-state index contributed by atoms with van der Waals surface area (Å²) in [5.74, 6) is -1.28. The van der Waals surface area contributed by atoms with Crippen molar-refractivity contribution in [2.24, 2.45) is 0 Å². The highest BCUT2D eigenvalue weighted by atomic mass is 28.4. The van der Waals surface area contributed by atoms with Crippen molar-refractivity contribution in [3.8, 4) is 0 Å². The molecule has 0 aromatic heterocycles. The lowest BCUT2D eigenvalue weighted by molar-refractivity contribution is -0.272. The fourth-order valence-electron chi connectivity index (χ4n) is 2.03. The summed E-state index contributed by atoms with van der Waals surface area (Å²) in [5.41, 5.74) is 0. The van der Waals surface area contributed by atoms with E-state index >= 15 is 0 Å². The second-order valence-electron chi connectivity index (χ2n) is 8.57. The van der Waals surface area contributed by atoms with E-state index in [2.05, 4.69) is 70.8 Å². The Balaban J connectivity index is 5.44. The first-order valence-electron chi connectivity index (χ1n) is 8.08. The molecule has 0 aliphatic heterocycles. The molecule has 0 spiro atoms. The molecule has 23 heavy (non-hydrogen) atoms. The van der Waals surface area contributed by atoms with Crippen molar-refractivity contribution in [3.05, 3.63) is 12.7 Å². The largest absolute Gasteiger partial charge is 0.371 e. The van der Waals surface area contributed by atoms with Gasteiger partial charge in [0.05, 0.1) is 0 Å². The monoisotopic (exact) mass is 377 g/mol. The lowest BCUT2D eigenvalue weighted by atomic mass is 10.3. The lowest BCUT2D eigenvalue weighted by Crippen LogP contribution is -2.57. The van der Waals surface area contributed by atoms with Crippen molar-refractivity contribution < 1.29 is 18.1 Å². The minimum atomic E-state index is -1.92. The zero-order chi connectivity index (χ0) is 18.5. The number of amides is 1. The van der Waals surface area contributed by atoms with Gasteiger partial charge in [-0.1, -0.05) is 6.58 Å². The second-order valence-corrected chi connectivity index (χ2v) is 21.9. The predicted octanol–water partition coefficient (Wildman–Crippen LogP) is 3.89. The van der Waals surface area contributed by atoms with Gasteiger partial charge in [-0.25, -0.2) is 0 Å². The summed E-state index contributed by atoms with van der Waals surface area (Å²) in [5, 5.41) is 2.79. The van der Waals surface area contributed by atoms with E-state index in [0.717, 1.165) is 0 Å². The van der Waals surface area contributed by atoms with Crippen LogP contribution < -0.4 is 5.32 Å². The van der Waals surface area contributed by atoms with E-state index < -0.39 is 30.9 Å². The van der Waals surface area contributed by atoms with Gasteiger partial charge in [0.2, 0.25) is 5.91 Å². The first kappa shape index (κ1) is 22.7. The van der Waals surface area contributed by atoms with Crippen LogP contribution in [0, 0.1) is 0 Å². The zero-order valence-electron chi connectivity index (χ0n) is 16.3. The first-order valence-corrected chi connectivity index (χ1v) is 18.3. The van der Waals surface area contributed by atoms with Crippen LogP contribution in [0.5, 0.6) is 0 Å². The van der Waals surface area contributed by atoms with E-state index in [4.69, 9.17) is 13.3 Å². The average molecular weight is 378 g/mol. The molecule has 0 saturated carbocycles. The van der Waals surface area contributed by atoms with Crippen LogP contribution in [-0.2, 0) is 18.1 Å². The van der Waals surface area contributed by atoms with Crippen molar-refractivity contribution in [3.63, 3.8) is 0 Å². The molecule has 0 fully saturated rings. The molecule has 0 bridgehead atoms. The fraction of sp³-hybridized carbons (Fsp3) is 0.800. The molecular weight excluding hydrogens is 342 g/mol. The number of hydrogen-bond acceptors (Lipinski definition) is 4. The van der Waals surface area contributed by atoms with Crippen LogP contribution in [0.15, 0.2) is 12.7 Å². The molecular formula is C15H35NO4Si3. The van der Waals surface area contributed by atoms with E-state index in [0.29, 0.717) is 13.0 Å². The normalized spacial score (nSPS) is 13.8. The topological polar surface area (TPSA) is 56.8 Å². The summed E-state index contributed by atoms with van der Waals surface area (Å²) >= 11 is 0.